The molecule has 0 aliphatic rings. The first-order valence-corrected chi connectivity index (χ1v) is 6.61. The van der Waals surface area contributed by atoms with Gasteiger partial charge < -0.3 is 15.7 Å². The molecule has 1 amide bonds. The molecule has 0 spiro atoms. The number of phenols is 1. The van der Waals surface area contributed by atoms with Gasteiger partial charge in [0, 0.05) is 25.2 Å². The highest BCUT2D eigenvalue weighted by molar-refractivity contribution is 5.92. The van der Waals surface area contributed by atoms with Crippen LogP contribution in [0.1, 0.15) is 33.1 Å². The van der Waals surface area contributed by atoms with Crippen LogP contribution in [-0.4, -0.2) is 24.6 Å². The van der Waals surface area contributed by atoms with Gasteiger partial charge in [0.1, 0.15) is 5.75 Å². The van der Waals surface area contributed by atoms with E-state index in [2.05, 4.69) is 13.8 Å². The number of phenolic OH excluding ortho intramolecular Hbond substituents is 1. The number of carbonyl (C=O) groups is 1. The van der Waals surface area contributed by atoms with E-state index in [1.54, 1.807) is 30.1 Å². The zero-order valence-electron chi connectivity index (χ0n) is 12.0. The van der Waals surface area contributed by atoms with Gasteiger partial charge in [0.15, 0.2) is 0 Å². The molecule has 106 valence electrons. The molecular formula is C15H24N2O2. The van der Waals surface area contributed by atoms with E-state index in [4.69, 9.17) is 5.73 Å². The summed E-state index contributed by atoms with van der Waals surface area (Å²) in [4.78, 5) is 13.7. The maximum atomic E-state index is 12.1. The van der Waals surface area contributed by atoms with Crippen LogP contribution in [0.5, 0.6) is 5.75 Å². The molecule has 0 saturated heterocycles. The van der Waals surface area contributed by atoms with Crippen LogP contribution in [0, 0.1) is 5.41 Å². The second kappa shape index (κ2) is 6.57. The van der Waals surface area contributed by atoms with Gasteiger partial charge in [-0.1, -0.05) is 19.9 Å². The largest absolute Gasteiger partial charge is 0.508 e. The summed E-state index contributed by atoms with van der Waals surface area (Å²) in [7, 11) is 1.73. The lowest BCUT2D eigenvalue weighted by molar-refractivity contribution is -0.118. The average molecular weight is 264 g/mol. The molecule has 1 aromatic rings. The number of aromatic hydroxyl groups is 1. The standard InChI is InChI=1S/C15H24N2O2/c1-15(2,9-10-16)8-7-14(19)17(3)12-5-4-6-13(18)11-12/h4-6,11,18H,7-10,16H2,1-3H3. The molecule has 0 aliphatic heterocycles. The van der Waals surface area contributed by atoms with Crippen molar-refractivity contribution in [1.82, 2.24) is 0 Å². The van der Waals surface area contributed by atoms with Crippen LogP contribution in [0.4, 0.5) is 5.69 Å². The van der Waals surface area contributed by atoms with Crippen LogP contribution in [0.15, 0.2) is 24.3 Å². The minimum atomic E-state index is 0.0516. The number of carbonyl (C=O) groups excluding carboxylic acids is 1. The maximum absolute atomic E-state index is 12.1. The molecule has 4 nitrogen and oxygen atoms in total. The van der Waals surface area contributed by atoms with Gasteiger partial charge in [-0.3, -0.25) is 4.79 Å². The third-order valence-electron chi connectivity index (χ3n) is 3.43. The quantitative estimate of drug-likeness (QED) is 0.829. The predicted octanol–water partition coefficient (Wildman–Crippen LogP) is 2.51. The fourth-order valence-corrected chi connectivity index (χ4v) is 1.97. The van der Waals surface area contributed by atoms with Crippen molar-refractivity contribution >= 4 is 11.6 Å². The smallest absolute Gasteiger partial charge is 0.226 e. The summed E-state index contributed by atoms with van der Waals surface area (Å²) in [6, 6.07) is 6.71. The number of amides is 1. The summed E-state index contributed by atoms with van der Waals surface area (Å²) in [5, 5.41) is 9.42. The van der Waals surface area contributed by atoms with Crippen LogP contribution in [-0.2, 0) is 4.79 Å². The second-order valence-electron chi connectivity index (χ2n) is 5.68. The SMILES string of the molecule is CN(C(=O)CCC(C)(C)CCN)c1cccc(O)c1. The molecule has 0 unspecified atom stereocenters. The van der Waals surface area contributed by atoms with E-state index >= 15 is 0 Å². The Morgan fingerprint density at radius 2 is 2.05 bits per heavy atom. The highest BCUT2D eigenvalue weighted by Crippen LogP contribution is 2.27. The summed E-state index contributed by atoms with van der Waals surface area (Å²) >= 11 is 0. The lowest BCUT2D eigenvalue weighted by atomic mass is 9.84. The van der Waals surface area contributed by atoms with Crippen molar-refractivity contribution in [3.63, 3.8) is 0 Å². The topological polar surface area (TPSA) is 66.6 Å². The first kappa shape index (κ1) is 15.5. The number of hydrogen-bond acceptors (Lipinski definition) is 3. The van der Waals surface area contributed by atoms with E-state index < -0.39 is 0 Å². The van der Waals surface area contributed by atoms with Crippen molar-refractivity contribution in [2.24, 2.45) is 11.1 Å². The predicted molar refractivity (Wildman–Crippen MR) is 78.2 cm³/mol. The lowest BCUT2D eigenvalue weighted by Crippen LogP contribution is -2.28. The number of anilines is 1. The minimum Gasteiger partial charge on any atom is -0.508 e. The van der Waals surface area contributed by atoms with Crippen LogP contribution < -0.4 is 10.6 Å². The molecule has 0 atom stereocenters. The molecule has 0 saturated carbocycles. The third-order valence-corrected chi connectivity index (χ3v) is 3.43. The summed E-state index contributed by atoms with van der Waals surface area (Å²) < 4.78 is 0. The highest BCUT2D eigenvalue weighted by atomic mass is 16.3. The summed E-state index contributed by atoms with van der Waals surface area (Å²) in [6.07, 6.45) is 2.21. The van der Waals surface area contributed by atoms with Crippen LogP contribution in [0.3, 0.4) is 0 Å². The van der Waals surface area contributed by atoms with E-state index in [1.807, 2.05) is 6.07 Å². The molecule has 1 rings (SSSR count). The Morgan fingerprint density at radius 1 is 1.37 bits per heavy atom. The normalized spacial score (nSPS) is 11.4. The Hall–Kier alpha value is -1.55. The van der Waals surface area contributed by atoms with Gasteiger partial charge in [-0.2, -0.15) is 0 Å². The molecule has 0 aromatic heterocycles. The Morgan fingerprint density at radius 3 is 2.63 bits per heavy atom. The second-order valence-corrected chi connectivity index (χ2v) is 5.68. The first-order chi connectivity index (χ1) is 8.85. The number of hydrogen-bond donors (Lipinski definition) is 2. The molecule has 19 heavy (non-hydrogen) atoms. The maximum Gasteiger partial charge on any atom is 0.226 e. The van der Waals surface area contributed by atoms with Gasteiger partial charge in [-0.15, -0.1) is 0 Å². The van der Waals surface area contributed by atoms with Gasteiger partial charge in [-0.05, 0) is 36.9 Å². The van der Waals surface area contributed by atoms with Crippen LogP contribution >= 0.6 is 0 Å². The fraction of sp³-hybridized carbons (Fsp3) is 0.533. The van der Waals surface area contributed by atoms with Crippen LogP contribution in [0.2, 0.25) is 0 Å². The van der Waals surface area contributed by atoms with Gasteiger partial charge in [0.2, 0.25) is 5.91 Å². The van der Waals surface area contributed by atoms with Crippen molar-refractivity contribution in [3.8, 4) is 5.75 Å². The van der Waals surface area contributed by atoms with Crippen molar-refractivity contribution in [1.29, 1.82) is 0 Å². The molecule has 0 radical (unpaired) electrons. The van der Waals surface area contributed by atoms with Gasteiger partial charge in [0.05, 0.1) is 0 Å². The zero-order chi connectivity index (χ0) is 14.5. The molecule has 1 aromatic carbocycles. The van der Waals surface area contributed by atoms with Crippen molar-refractivity contribution in [2.45, 2.75) is 33.1 Å². The first-order valence-electron chi connectivity index (χ1n) is 6.61. The Labute approximate surface area is 115 Å². The summed E-state index contributed by atoms with van der Waals surface area (Å²) in [5.74, 6) is 0.219. The van der Waals surface area contributed by atoms with E-state index in [0.717, 1.165) is 12.8 Å². The van der Waals surface area contributed by atoms with Gasteiger partial charge in [-0.25, -0.2) is 0 Å². The lowest BCUT2D eigenvalue weighted by Gasteiger charge is -2.25. The summed E-state index contributed by atoms with van der Waals surface area (Å²) in [6.45, 7) is 4.90. The van der Waals surface area contributed by atoms with E-state index in [1.165, 1.54) is 0 Å². The monoisotopic (exact) mass is 264 g/mol. The fourth-order valence-electron chi connectivity index (χ4n) is 1.97. The van der Waals surface area contributed by atoms with Crippen LogP contribution in [0.25, 0.3) is 0 Å². The molecule has 3 N–H and O–H groups in total. The Balaban J connectivity index is 2.59. The average Bonchev–Trinajstić information content (AvgIpc) is 2.35. The summed E-state index contributed by atoms with van der Waals surface area (Å²) in [5.41, 5.74) is 6.36. The van der Waals surface area contributed by atoms with E-state index in [9.17, 15) is 9.90 Å². The van der Waals surface area contributed by atoms with Gasteiger partial charge in [0.25, 0.3) is 0 Å². The third kappa shape index (κ3) is 4.91. The number of rotatable bonds is 6. The van der Waals surface area contributed by atoms with E-state index in [0.29, 0.717) is 18.7 Å². The highest BCUT2D eigenvalue weighted by Gasteiger charge is 2.20. The molecule has 0 fully saturated rings. The molecule has 0 bridgehead atoms. The number of nitrogens with two attached hydrogens (primary N) is 1. The van der Waals surface area contributed by atoms with E-state index in [-0.39, 0.29) is 17.1 Å². The molecule has 4 heteroatoms. The number of benzene rings is 1. The zero-order valence-corrected chi connectivity index (χ0v) is 12.0. The molecule has 0 heterocycles. The minimum absolute atomic E-state index is 0.0516. The molecular weight excluding hydrogens is 240 g/mol. The van der Waals surface area contributed by atoms with Crippen molar-refractivity contribution < 1.29 is 9.90 Å². The Kier molecular flexibility index (Phi) is 5.36. The van der Waals surface area contributed by atoms with Crippen molar-refractivity contribution in [3.05, 3.63) is 24.3 Å². The molecule has 0 aliphatic carbocycles. The number of nitrogens with zero attached hydrogens (tertiary/aromatic N) is 1. The Bertz CT molecular complexity index is 430. The van der Waals surface area contributed by atoms with Crippen molar-refractivity contribution in [2.75, 3.05) is 18.5 Å². The van der Waals surface area contributed by atoms with Gasteiger partial charge >= 0.3 is 0 Å².